The molecular formula is C21H22N2O2S2. The summed E-state index contributed by atoms with van der Waals surface area (Å²) in [6.07, 6.45) is 0.990. The van der Waals surface area contributed by atoms with E-state index in [2.05, 4.69) is 40.0 Å². The van der Waals surface area contributed by atoms with Crippen LogP contribution < -0.4 is 4.72 Å². The molecule has 0 fully saturated rings. The molecule has 2 aromatic carbocycles. The summed E-state index contributed by atoms with van der Waals surface area (Å²) in [7, 11) is -3.52. The standard InChI is InChI=1S/C21H22N2O2S2/c24-27(25,19-9-2-1-3-10-19)22-15-20(21-11-6-14-26-21)23-13-12-17-7-4-5-8-18(17)16-23/h1-11,14,20,22H,12-13,15-16H2/t20-/m1/s1. The van der Waals surface area contributed by atoms with Crippen molar-refractivity contribution in [3.05, 3.63) is 88.1 Å². The molecule has 0 bridgehead atoms. The summed E-state index contributed by atoms with van der Waals surface area (Å²) in [4.78, 5) is 3.87. The van der Waals surface area contributed by atoms with E-state index >= 15 is 0 Å². The molecule has 3 aromatic rings. The number of sulfonamides is 1. The van der Waals surface area contributed by atoms with Crippen molar-refractivity contribution in [2.24, 2.45) is 0 Å². The van der Waals surface area contributed by atoms with Crippen LogP contribution in [0.15, 0.2) is 77.0 Å². The third-order valence-electron chi connectivity index (χ3n) is 4.99. The van der Waals surface area contributed by atoms with Crippen LogP contribution in [0.1, 0.15) is 22.0 Å². The van der Waals surface area contributed by atoms with Crippen LogP contribution >= 0.6 is 11.3 Å². The van der Waals surface area contributed by atoms with Crippen molar-refractivity contribution in [3.8, 4) is 0 Å². The van der Waals surface area contributed by atoms with E-state index in [4.69, 9.17) is 0 Å². The lowest BCUT2D eigenvalue weighted by Gasteiger charge is -2.35. The molecular weight excluding hydrogens is 376 g/mol. The first-order valence-corrected chi connectivity index (χ1v) is 11.4. The normalized spacial score (nSPS) is 16.0. The van der Waals surface area contributed by atoms with Gasteiger partial charge in [0.15, 0.2) is 0 Å². The maximum Gasteiger partial charge on any atom is 0.240 e. The summed E-state index contributed by atoms with van der Waals surface area (Å²) in [5.41, 5.74) is 2.72. The maximum absolute atomic E-state index is 12.7. The lowest BCUT2D eigenvalue weighted by Crippen LogP contribution is -2.40. The zero-order chi connectivity index (χ0) is 18.7. The second-order valence-electron chi connectivity index (χ2n) is 6.69. The van der Waals surface area contributed by atoms with Gasteiger partial charge in [-0.15, -0.1) is 11.3 Å². The molecule has 1 aliphatic heterocycles. The number of benzene rings is 2. The van der Waals surface area contributed by atoms with Gasteiger partial charge in [-0.05, 0) is 41.1 Å². The molecule has 4 nitrogen and oxygen atoms in total. The highest BCUT2D eigenvalue weighted by molar-refractivity contribution is 7.89. The Morgan fingerprint density at radius 1 is 0.963 bits per heavy atom. The molecule has 1 aliphatic rings. The third kappa shape index (κ3) is 4.14. The Morgan fingerprint density at radius 3 is 2.44 bits per heavy atom. The Bertz CT molecular complexity index is 986. The van der Waals surface area contributed by atoms with Crippen LogP contribution in [0.4, 0.5) is 0 Å². The van der Waals surface area contributed by atoms with Crippen LogP contribution in [0.5, 0.6) is 0 Å². The van der Waals surface area contributed by atoms with Gasteiger partial charge in [-0.25, -0.2) is 13.1 Å². The van der Waals surface area contributed by atoms with E-state index in [1.54, 1.807) is 35.6 Å². The molecule has 140 valence electrons. The van der Waals surface area contributed by atoms with E-state index in [0.29, 0.717) is 11.4 Å². The predicted octanol–water partition coefficient (Wildman–Crippen LogP) is 3.83. The van der Waals surface area contributed by atoms with Crippen LogP contribution in [0.3, 0.4) is 0 Å². The molecule has 0 aliphatic carbocycles. The fourth-order valence-electron chi connectivity index (χ4n) is 3.55. The molecule has 0 amide bonds. The van der Waals surface area contributed by atoms with Gasteiger partial charge in [0.2, 0.25) is 10.0 Å². The molecule has 0 saturated heterocycles. The molecule has 1 atom stereocenters. The van der Waals surface area contributed by atoms with Gasteiger partial charge < -0.3 is 0 Å². The van der Waals surface area contributed by atoms with Gasteiger partial charge in [0.25, 0.3) is 0 Å². The van der Waals surface area contributed by atoms with Crippen LogP contribution in [0, 0.1) is 0 Å². The van der Waals surface area contributed by atoms with Crippen molar-refractivity contribution in [1.29, 1.82) is 0 Å². The van der Waals surface area contributed by atoms with E-state index in [-0.39, 0.29) is 6.04 Å². The molecule has 0 radical (unpaired) electrons. The van der Waals surface area contributed by atoms with Crippen molar-refractivity contribution in [2.45, 2.75) is 23.9 Å². The number of hydrogen-bond acceptors (Lipinski definition) is 4. The highest BCUT2D eigenvalue weighted by atomic mass is 32.2. The molecule has 27 heavy (non-hydrogen) atoms. The minimum atomic E-state index is -3.52. The quantitative estimate of drug-likeness (QED) is 0.687. The summed E-state index contributed by atoms with van der Waals surface area (Å²) < 4.78 is 28.1. The van der Waals surface area contributed by atoms with E-state index in [1.807, 2.05) is 17.5 Å². The minimum Gasteiger partial charge on any atom is -0.290 e. The molecule has 1 aromatic heterocycles. The maximum atomic E-state index is 12.7. The highest BCUT2D eigenvalue weighted by Gasteiger charge is 2.27. The first-order chi connectivity index (χ1) is 13.1. The lowest BCUT2D eigenvalue weighted by atomic mass is 9.98. The number of nitrogens with zero attached hydrogens (tertiary/aromatic N) is 1. The summed E-state index contributed by atoms with van der Waals surface area (Å²) in [6.45, 7) is 2.12. The largest absolute Gasteiger partial charge is 0.290 e. The first-order valence-electron chi connectivity index (χ1n) is 9.02. The van der Waals surface area contributed by atoms with Crippen LogP contribution in [0.25, 0.3) is 0 Å². The number of hydrogen-bond donors (Lipinski definition) is 1. The lowest BCUT2D eigenvalue weighted by molar-refractivity contribution is 0.183. The van der Waals surface area contributed by atoms with Gasteiger partial charge in [-0.3, -0.25) is 4.90 Å². The molecule has 0 spiro atoms. The molecule has 4 rings (SSSR count). The zero-order valence-electron chi connectivity index (χ0n) is 14.9. The molecule has 1 N–H and O–H groups in total. The van der Waals surface area contributed by atoms with Gasteiger partial charge in [0.05, 0.1) is 10.9 Å². The van der Waals surface area contributed by atoms with E-state index < -0.39 is 10.0 Å². The van der Waals surface area contributed by atoms with Gasteiger partial charge in [0.1, 0.15) is 0 Å². The second-order valence-corrected chi connectivity index (χ2v) is 9.43. The second kappa shape index (κ2) is 7.94. The van der Waals surface area contributed by atoms with Crippen LogP contribution in [-0.2, 0) is 23.0 Å². The third-order valence-corrected chi connectivity index (χ3v) is 7.41. The average Bonchev–Trinajstić information content (AvgIpc) is 3.23. The van der Waals surface area contributed by atoms with Crippen molar-refractivity contribution < 1.29 is 8.42 Å². The topological polar surface area (TPSA) is 49.4 Å². The first kappa shape index (κ1) is 18.4. The van der Waals surface area contributed by atoms with Crippen molar-refractivity contribution >= 4 is 21.4 Å². The molecule has 0 saturated carbocycles. The van der Waals surface area contributed by atoms with Crippen LogP contribution in [0.2, 0.25) is 0 Å². The molecule has 6 heteroatoms. The van der Waals surface area contributed by atoms with E-state index in [1.165, 1.54) is 16.0 Å². The summed E-state index contributed by atoms with van der Waals surface area (Å²) in [6, 6.07) is 21.2. The Labute approximate surface area is 164 Å². The SMILES string of the molecule is O=S(=O)(NC[C@H](c1cccs1)N1CCc2ccccc2C1)c1ccccc1. The monoisotopic (exact) mass is 398 g/mol. The number of nitrogens with one attached hydrogen (secondary N) is 1. The average molecular weight is 399 g/mol. The number of thiophene rings is 1. The number of fused-ring (bicyclic) bond motifs is 1. The summed E-state index contributed by atoms with van der Waals surface area (Å²) in [5.74, 6) is 0. The van der Waals surface area contributed by atoms with Gasteiger partial charge in [-0.1, -0.05) is 48.5 Å². The van der Waals surface area contributed by atoms with Crippen molar-refractivity contribution in [3.63, 3.8) is 0 Å². The van der Waals surface area contributed by atoms with E-state index in [0.717, 1.165) is 19.5 Å². The van der Waals surface area contributed by atoms with Gasteiger partial charge >= 0.3 is 0 Å². The highest BCUT2D eigenvalue weighted by Crippen LogP contribution is 2.30. The Balaban J connectivity index is 1.55. The van der Waals surface area contributed by atoms with Gasteiger partial charge in [-0.2, -0.15) is 0 Å². The summed E-state index contributed by atoms with van der Waals surface area (Å²) >= 11 is 1.68. The Hall–Kier alpha value is -1.99. The predicted molar refractivity (Wildman–Crippen MR) is 109 cm³/mol. The molecule has 2 heterocycles. The van der Waals surface area contributed by atoms with Crippen molar-refractivity contribution in [1.82, 2.24) is 9.62 Å². The zero-order valence-corrected chi connectivity index (χ0v) is 16.5. The number of rotatable bonds is 6. The Morgan fingerprint density at radius 2 is 1.70 bits per heavy atom. The van der Waals surface area contributed by atoms with Gasteiger partial charge in [0, 0.05) is 24.5 Å². The van der Waals surface area contributed by atoms with Crippen molar-refractivity contribution in [2.75, 3.05) is 13.1 Å². The minimum absolute atomic E-state index is 0.0249. The molecule has 0 unspecified atom stereocenters. The summed E-state index contributed by atoms with van der Waals surface area (Å²) in [5, 5.41) is 2.05. The van der Waals surface area contributed by atoms with Crippen LogP contribution in [-0.4, -0.2) is 26.4 Å². The smallest absolute Gasteiger partial charge is 0.240 e. The fraction of sp³-hybridized carbons (Fsp3) is 0.238. The Kier molecular flexibility index (Phi) is 5.41. The fourth-order valence-corrected chi connectivity index (χ4v) is 5.47. The van der Waals surface area contributed by atoms with E-state index in [9.17, 15) is 8.42 Å².